The monoisotopic (exact) mass is 236 g/mol. The molecule has 0 aliphatic rings. The van der Waals surface area contributed by atoms with Crippen molar-refractivity contribution in [1.82, 2.24) is 0 Å². The largest absolute Gasteiger partial charge is 0.390 e. The van der Waals surface area contributed by atoms with Gasteiger partial charge in [-0.25, -0.2) is 8.78 Å². The quantitative estimate of drug-likeness (QED) is 0.871. The first kappa shape index (κ1) is 12.4. The Balaban J connectivity index is 2.97. The fourth-order valence-corrected chi connectivity index (χ4v) is 1.40. The molecule has 0 fully saturated rings. The van der Waals surface area contributed by atoms with Gasteiger partial charge in [0.05, 0.1) is 0 Å². The van der Waals surface area contributed by atoms with Gasteiger partial charge in [0.1, 0.15) is 12.7 Å². The van der Waals surface area contributed by atoms with Crippen LogP contribution in [0.4, 0.5) is 8.78 Å². The van der Waals surface area contributed by atoms with Crippen molar-refractivity contribution in [2.45, 2.75) is 12.0 Å². The summed E-state index contributed by atoms with van der Waals surface area (Å²) in [7, 11) is 1.17. The third-order valence-corrected chi connectivity index (χ3v) is 2.25. The van der Waals surface area contributed by atoms with Gasteiger partial charge in [-0.05, 0) is 17.7 Å². The van der Waals surface area contributed by atoms with Crippen LogP contribution >= 0.6 is 11.6 Å². The van der Waals surface area contributed by atoms with Gasteiger partial charge in [0, 0.05) is 12.1 Å². The normalized spacial score (nSPS) is 13.9. The fraction of sp³-hybridized carbons (Fsp3) is 0.400. The zero-order chi connectivity index (χ0) is 11.5. The predicted molar refractivity (Wildman–Crippen MR) is 53.2 cm³/mol. The molecule has 0 aromatic heterocycles. The molecule has 0 aliphatic carbocycles. The molecule has 5 heteroatoms. The number of aliphatic hydroxyl groups is 1. The first-order valence-corrected chi connectivity index (χ1v) is 4.66. The lowest BCUT2D eigenvalue weighted by molar-refractivity contribution is -0.151. The van der Waals surface area contributed by atoms with Gasteiger partial charge >= 0.3 is 0 Å². The maximum absolute atomic E-state index is 13.2. The summed E-state index contributed by atoms with van der Waals surface area (Å²) < 4.78 is 31.1. The SMILES string of the molecule is COC(c1ccc(Cl)cc1)C(F)(F)CO. The molecule has 0 aliphatic heterocycles. The Labute approximate surface area is 91.4 Å². The topological polar surface area (TPSA) is 29.5 Å². The van der Waals surface area contributed by atoms with Crippen LogP contribution in [0.3, 0.4) is 0 Å². The predicted octanol–water partition coefficient (Wildman–Crippen LogP) is 2.66. The van der Waals surface area contributed by atoms with Gasteiger partial charge in [-0.15, -0.1) is 0 Å². The van der Waals surface area contributed by atoms with Gasteiger partial charge in [0.25, 0.3) is 5.92 Å². The average Bonchev–Trinajstić information content (AvgIpc) is 2.22. The summed E-state index contributed by atoms with van der Waals surface area (Å²) in [6, 6.07) is 5.88. The molecule has 15 heavy (non-hydrogen) atoms. The molecule has 1 atom stereocenters. The molecule has 0 saturated carbocycles. The maximum Gasteiger partial charge on any atom is 0.300 e. The Morgan fingerprint density at radius 1 is 1.40 bits per heavy atom. The lowest BCUT2D eigenvalue weighted by atomic mass is 10.0. The number of rotatable bonds is 4. The van der Waals surface area contributed by atoms with E-state index in [4.69, 9.17) is 16.7 Å². The molecule has 0 radical (unpaired) electrons. The van der Waals surface area contributed by atoms with Gasteiger partial charge in [-0.3, -0.25) is 0 Å². The second-order valence-corrected chi connectivity index (χ2v) is 3.52. The summed E-state index contributed by atoms with van der Waals surface area (Å²) >= 11 is 5.63. The fourth-order valence-electron chi connectivity index (χ4n) is 1.27. The van der Waals surface area contributed by atoms with E-state index in [0.29, 0.717) is 5.02 Å². The molecule has 1 N–H and O–H groups in total. The first-order chi connectivity index (χ1) is 7.01. The van der Waals surface area contributed by atoms with Gasteiger partial charge in [0.2, 0.25) is 0 Å². The minimum Gasteiger partial charge on any atom is -0.390 e. The number of hydrogen-bond acceptors (Lipinski definition) is 2. The molecular weight excluding hydrogens is 226 g/mol. The highest BCUT2D eigenvalue weighted by molar-refractivity contribution is 6.30. The van der Waals surface area contributed by atoms with E-state index in [2.05, 4.69) is 4.74 Å². The minimum absolute atomic E-state index is 0.279. The van der Waals surface area contributed by atoms with Crippen LogP contribution in [0.5, 0.6) is 0 Å². The molecule has 0 spiro atoms. The number of methoxy groups -OCH3 is 1. The van der Waals surface area contributed by atoms with Crippen LogP contribution in [0.25, 0.3) is 0 Å². The third-order valence-electron chi connectivity index (χ3n) is 2.00. The number of aliphatic hydroxyl groups excluding tert-OH is 1. The Hall–Kier alpha value is -0.710. The average molecular weight is 237 g/mol. The van der Waals surface area contributed by atoms with Crippen molar-refractivity contribution in [3.8, 4) is 0 Å². The molecule has 0 bridgehead atoms. The molecule has 0 amide bonds. The van der Waals surface area contributed by atoms with Crippen LogP contribution in [0, 0.1) is 0 Å². The second-order valence-electron chi connectivity index (χ2n) is 3.09. The van der Waals surface area contributed by atoms with E-state index in [1.165, 1.54) is 31.4 Å². The molecular formula is C10H11ClF2O2. The summed E-state index contributed by atoms with van der Waals surface area (Å²) in [6.07, 6.45) is -1.46. The Bertz CT molecular complexity index is 314. The van der Waals surface area contributed by atoms with Gasteiger partial charge in [-0.2, -0.15) is 0 Å². The summed E-state index contributed by atoms with van der Waals surface area (Å²) in [6.45, 7) is -1.26. The van der Waals surface area contributed by atoms with Crippen LogP contribution in [0.2, 0.25) is 5.02 Å². The summed E-state index contributed by atoms with van der Waals surface area (Å²) in [5.74, 6) is -3.30. The van der Waals surface area contributed by atoms with Gasteiger partial charge in [0.15, 0.2) is 0 Å². The second kappa shape index (κ2) is 4.88. The lowest BCUT2D eigenvalue weighted by Crippen LogP contribution is -2.31. The number of alkyl halides is 2. The van der Waals surface area contributed by atoms with E-state index >= 15 is 0 Å². The molecule has 1 aromatic carbocycles. The molecule has 2 nitrogen and oxygen atoms in total. The van der Waals surface area contributed by atoms with E-state index in [1.807, 2.05) is 0 Å². The van der Waals surface area contributed by atoms with Crippen LogP contribution in [0.1, 0.15) is 11.7 Å². The summed E-state index contributed by atoms with van der Waals surface area (Å²) in [5.41, 5.74) is 0.279. The van der Waals surface area contributed by atoms with E-state index < -0.39 is 18.6 Å². The van der Waals surface area contributed by atoms with Crippen molar-refractivity contribution in [1.29, 1.82) is 0 Å². The highest BCUT2D eigenvalue weighted by Crippen LogP contribution is 2.33. The van der Waals surface area contributed by atoms with Crippen molar-refractivity contribution in [3.63, 3.8) is 0 Å². The van der Waals surface area contributed by atoms with E-state index in [1.54, 1.807) is 0 Å². The van der Waals surface area contributed by atoms with Gasteiger partial charge in [-0.1, -0.05) is 23.7 Å². The Morgan fingerprint density at radius 3 is 2.33 bits per heavy atom. The molecule has 0 heterocycles. The lowest BCUT2D eigenvalue weighted by Gasteiger charge is -2.24. The van der Waals surface area contributed by atoms with Crippen LogP contribution in [-0.4, -0.2) is 24.7 Å². The first-order valence-electron chi connectivity index (χ1n) is 4.28. The Kier molecular flexibility index (Phi) is 4.02. The highest BCUT2D eigenvalue weighted by atomic mass is 35.5. The summed E-state index contributed by atoms with van der Waals surface area (Å²) in [5, 5.41) is 9.01. The zero-order valence-corrected chi connectivity index (χ0v) is 8.84. The highest BCUT2D eigenvalue weighted by Gasteiger charge is 2.40. The zero-order valence-electron chi connectivity index (χ0n) is 8.08. The Morgan fingerprint density at radius 2 is 1.93 bits per heavy atom. The van der Waals surface area contributed by atoms with Crippen molar-refractivity contribution in [2.24, 2.45) is 0 Å². The standard InChI is InChI=1S/C10H11ClF2O2/c1-15-9(10(12,13)6-14)7-2-4-8(11)5-3-7/h2-5,9,14H,6H2,1H3. The van der Waals surface area contributed by atoms with Crippen molar-refractivity contribution in [2.75, 3.05) is 13.7 Å². The van der Waals surface area contributed by atoms with Crippen LogP contribution < -0.4 is 0 Å². The minimum atomic E-state index is -3.30. The number of ether oxygens (including phenoxy) is 1. The molecule has 1 aromatic rings. The number of hydrogen-bond donors (Lipinski definition) is 1. The summed E-state index contributed by atoms with van der Waals surface area (Å²) in [4.78, 5) is 0. The van der Waals surface area contributed by atoms with Crippen molar-refractivity contribution < 1.29 is 18.6 Å². The van der Waals surface area contributed by atoms with Crippen LogP contribution in [-0.2, 0) is 4.74 Å². The van der Waals surface area contributed by atoms with Crippen molar-refractivity contribution in [3.05, 3.63) is 34.9 Å². The molecule has 0 saturated heterocycles. The van der Waals surface area contributed by atoms with Gasteiger partial charge < -0.3 is 9.84 Å². The van der Waals surface area contributed by atoms with Crippen molar-refractivity contribution >= 4 is 11.6 Å². The smallest absolute Gasteiger partial charge is 0.300 e. The van der Waals surface area contributed by atoms with E-state index in [9.17, 15) is 8.78 Å². The molecule has 1 unspecified atom stereocenters. The number of halogens is 3. The van der Waals surface area contributed by atoms with E-state index in [-0.39, 0.29) is 5.56 Å². The number of benzene rings is 1. The van der Waals surface area contributed by atoms with Crippen LogP contribution in [0.15, 0.2) is 24.3 Å². The molecule has 84 valence electrons. The maximum atomic E-state index is 13.2. The van der Waals surface area contributed by atoms with E-state index in [0.717, 1.165) is 0 Å². The molecule has 1 rings (SSSR count). The third kappa shape index (κ3) is 2.87.